The molecule has 0 aromatic heterocycles. The van der Waals surface area contributed by atoms with Crippen molar-refractivity contribution in [3.8, 4) is 0 Å². The Labute approximate surface area is 127 Å². The summed E-state index contributed by atoms with van der Waals surface area (Å²) in [6.07, 6.45) is 10.0. The van der Waals surface area contributed by atoms with E-state index in [0.717, 1.165) is 38.1 Å². The van der Waals surface area contributed by atoms with Crippen LogP contribution in [0.5, 0.6) is 0 Å². The molecule has 1 aromatic carbocycles. The van der Waals surface area contributed by atoms with E-state index in [9.17, 15) is 0 Å². The van der Waals surface area contributed by atoms with Crippen molar-refractivity contribution in [1.29, 1.82) is 0 Å². The Morgan fingerprint density at radius 2 is 2.10 bits per heavy atom. The topological polar surface area (TPSA) is 18.8 Å². The van der Waals surface area contributed by atoms with E-state index in [0.29, 0.717) is 0 Å². The maximum absolute atomic E-state index is 4.91. The molecule has 0 spiro atoms. The standard InChI is InChI=1S/C18H23N3/c1-20(2)12-7-13-21-18-11-6-4-9-16(18)14-15-8-3-5-10-17(15)19-21/h4-6,9-11,14H,3,7-8,12-13H2,1-2H3. The molecule has 0 N–H and O–H groups in total. The molecule has 1 aromatic rings. The van der Waals surface area contributed by atoms with E-state index < -0.39 is 0 Å². The minimum atomic E-state index is 0.952. The second-order valence-electron chi connectivity index (χ2n) is 5.93. The lowest BCUT2D eigenvalue weighted by molar-refractivity contribution is 0.401. The molecule has 110 valence electrons. The predicted molar refractivity (Wildman–Crippen MR) is 90.7 cm³/mol. The third-order valence-corrected chi connectivity index (χ3v) is 3.93. The average Bonchev–Trinajstić information content (AvgIpc) is 2.63. The highest BCUT2D eigenvalue weighted by molar-refractivity contribution is 6.13. The van der Waals surface area contributed by atoms with Gasteiger partial charge in [-0.3, -0.25) is 5.01 Å². The molecular formula is C18H23N3. The molecule has 3 rings (SSSR count). The Bertz CT molecular complexity index is 596. The van der Waals surface area contributed by atoms with Crippen LogP contribution >= 0.6 is 0 Å². The summed E-state index contributed by atoms with van der Waals surface area (Å²) in [7, 11) is 4.23. The number of benzene rings is 1. The number of anilines is 1. The van der Waals surface area contributed by atoms with Gasteiger partial charge in [-0.25, -0.2) is 0 Å². The van der Waals surface area contributed by atoms with E-state index in [1.54, 1.807) is 0 Å². The van der Waals surface area contributed by atoms with Crippen LogP contribution < -0.4 is 5.01 Å². The van der Waals surface area contributed by atoms with Crippen LogP contribution in [0.2, 0.25) is 0 Å². The Balaban J connectivity index is 1.91. The third kappa shape index (κ3) is 3.24. The van der Waals surface area contributed by atoms with Crippen molar-refractivity contribution >= 4 is 17.5 Å². The molecule has 3 heteroatoms. The van der Waals surface area contributed by atoms with Crippen LogP contribution in [0.15, 0.2) is 47.1 Å². The van der Waals surface area contributed by atoms with Crippen LogP contribution in [-0.4, -0.2) is 37.8 Å². The molecule has 0 radical (unpaired) electrons. The van der Waals surface area contributed by atoms with Crippen LogP contribution in [0.4, 0.5) is 5.69 Å². The Hall–Kier alpha value is -1.87. The molecule has 1 aliphatic carbocycles. The number of hydrogen-bond acceptors (Lipinski definition) is 3. The number of rotatable bonds is 4. The maximum Gasteiger partial charge on any atom is 0.0865 e. The smallest absolute Gasteiger partial charge is 0.0865 e. The van der Waals surface area contributed by atoms with Gasteiger partial charge in [0.2, 0.25) is 0 Å². The minimum absolute atomic E-state index is 0.952. The molecular weight excluding hydrogens is 258 g/mol. The average molecular weight is 281 g/mol. The van der Waals surface area contributed by atoms with Gasteiger partial charge in [0.25, 0.3) is 0 Å². The van der Waals surface area contributed by atoms with Gasteiger partial charge in [-0.1, -0.05) is 24.3 Å². The lowest BCUT2D eigenvalue weighted by atomic mass is 9.97. The summed E-state index contributed by atoms with van der Waals surface area (Å²) < 4.78 is 0. The number of para-hydroxylation sites is 1. The zero-order valence-corrected chi connectivity index (χ0v) is 12.9. The van der Waals surface area contributed by atoms with Crippen LogP contribution in [0.25, 0.3) is 6.08 Å². The van der Waals surface area contributed by atoms with Crippen LogP contribution in [0, 0.1) is 0 Å². The van der Waals surface area contributed by atoms with Gasteiger partial charge in [-0.2, -0.15) is 5.10 Å². The highest BCUT2D eigenvalue weighted by atomic mass is 15.5. The Morgan fingerprint density at radius 1 is 1.24 bits per heavy atom. The fraction of sp³-hybridized carbons (Fsp3) is 0.389. The highest BCUT2D eigenvalue weighted by Crippen LogP contribution is 2.30. The van der Waals surface area contributed by atoms with Crippen molar-refractivity contribution in [3.63, 3.8) is 0 Å². The van der Waals surface area contributed by atoms with Crippen LogP contribution in [0.3, 0.4) is 0 Å². The van der Waals surface area contributed by atoms with Gasteiger partial charge in [-0.15, -0.1) is 0 Å². The summed E-state index contributed by atoms with van der Waals surface area (Å²) in [6, 6.07) is 8.57. The fourth-order valence-corrected chi connectivity index (χ4v) is 2.84. The summed E-state index contributed by atoms with van der Waals surface area (Å²) in [4.78, 5) is 2.22. The normalized spacial score (nSPS) is 17.0. The number of hydrazone groups is 1. The summed E-state index contributed by atoms with van der Waals surface area (Å²) in [5, 5.41) is 7.09. The molecule has 3 nitrogen and oxygen atoms in total. The second-order valence-corrected chi connectivity index (χ2v) is 5.93. The van der Waals surface area contributed by atoms with Crippen molar-refractivity contribution in [2.75, 3.05) is 32.2 Å². The van der Waals surface area contributed by atoms with E-state index in [1.807, 2.05) is 0 Å². The lowest BCUT2D eigenvalue weighted by Gasteiger charge is -2.22. The van der Waals surface area contributed by atoms with Gasteiger partial charge in [0.05, 0.1) is 11.4 Å². The number of allylic oxidation sites excluding steroid dienone is 3. The van der Waals surface area contributed by atoms with E-state index in [4.69, 9.17) is 5.10 Å². The first-order chi connectivity index (χ1) is 10.2. The molecule has 0 saturated carbocycles. The minimum Gasteiger partial charge on any atom is -0.309 e. The van der Waals surface area contributed by atoms with Crippen molar-refractivity contribution in [2.45, 2.75) is 19.3 Å². The van der Waals surface area contributed by atoms with Crippen molar-refractivity contribution in [2.24, 2.45) is 5.10 Å². The molecule has 0 amide bonds. The molecule has 2 aliphatic rings. The van der Waals surface area contributed by atoms with Gasteiger partial charge in [-0.05, 0) is 63.7 Å². The van der Waals surface area contributed by atoms with Gasteiger partial charge >= 0.3 is 0 Å². The molecule has 0 unspecified atom stereocenters. The molecule has 0 fully saturated rings. The summed E-state index contributed by atoms with van der Waals surface area (Å²) in [5.41, 5.74) is 4.99. The van der Waals surface area contributed by atoms with E-state index in [2.05, 4.69) is 66.5 Å². The van der Waals surface area contributed by atoms with Crippen LogP contribution in [-0.2, 0) is 0 Å². The summed E-state index contributed by atoms with van der Waals surface area (Å²) in [6.45, 7) is 2.04. The molecule has 21 heavy (non-hydrogen) atoms. The van der Waals surface area contributed by atoms with Crippen molar-refractivity contribution in [3.05, 3.63) is 47.6 Å². The first-order valence-corrected chi connectivity index (χ1v) is 7.71. The number of fused-ring (bicyclic) bond motifs is 2. The maximum atomic E-state index is 4.91. The van der Waals surface area contributed by atoms with Crippen LogP contribution in [0.1, 0.15) is 24.8 Å². The number of nitrogens with zero attached hydrogens (tertiary/aromatic N) is 3. The largest absolute Gasteiger partial charge is 0.309 e. The summed E-state index contributed by atoms with van der Waals surface area (Å²) >= 11 is 0. The van der Waals surface area contributed by atoms with Crippen molar-refractivity contribution in [1.82, 2.24) is 4.90 Å². The molecule has 1 heterocycles. The second kappa shape index (κ2) is 6.27. The quantitative estimate of drug-likeness (QED) is 0.840. The summed E-state index contributed by atoms with van der Waals surface area (Å²) in [5.74, 6) is 0. The van der Waals surface area contributed by atoms with Crippen molar-refractivity contribution < 1.29 is 0 Å². The van der Waals surface area contributed by atoms with Gasteiger partial charge in [0.15, 0.2) is 0 Å². The third-order valence-electron chi connectivity index (χ3n) is 3.93. The predicted octanol–water partition coefficient (Wildman–Crippen LogP) is 3.55. The molecule has 1 aliphatic heterocycles. The van der Waals surface area contributed by atoms with Gasteiger partial charge in [0, 0.05) is 12.1 Å². The Morgan fingerprint density at radius 3 is 2.95 bits per heavy atom. The van der Waals surface area contributed by atoms with E-state index in [-0.39, 0.29) is 0 Å². The van der Waals surface area contributed by atoms with Gasteiger partial charge in [0.1, 0.15) is 0 Å². The van der Waals surface area contributed by atoms with Gasteiger partial charge < -0.3 is 4.90 Å². The molecule has 0 bridgehead atoms. The number of hydrogen-bond donors (Lipinski definition) is 0. The van der Waals surface area contributed by atoms with E-state index >= 15 is 0 Å². The fourth-order valence-electron chi connectivity index (χ4n) is 2.84. The molecule has 0 atom stereocenters. The first-order valence-electron chi connectivity index (χ1n) is 7.71. The SMILES string of the molecule is CN(C)CCCN1N=C2C=CCCC2=Cc2ccccc21. The monoisotopic (exact) mass is 281 g/mol. The Kier molecular flexibility index (Phi) is 4.20. The zero-order valence-electron chi connectivity index (χ0n) is 12.9. The highest BCUT2D eigenvalue weighted by Gasteiger charge is 2.18. The van der Waals surface area contributed by atoms with E-state index in [1.165, 1.54) is 16.8 Å². The lowest BCUT2D eigenvalue weighted by Crippen LogP contribution is -2.24. The first kappa shape index (κ1) is 14.1. The zero-order chi connectivity index (χ0) is 14.7. The molecule has 0 saturated heterocycles.